The number of thiophene rings is 1. The van der Waals surface area contributed by atoms with Gasteiger partial charge in [-0.2, -0.15) is 0 Å². The molecule has 0 aliphatic rings. The summed E-state index contributed by atoms with van der Waals surface area (Å²) in [5, 5.41) is 5.43. The first-order valence-electron chi connectivity index (χ1n) is 5.53. The predicted molar refractivity (Wildman–Crippen MR) is 83.7 cm³/mol. The molecule has 0 amide bonds. The summed E-state index contributed by atoms with van der Waals surface area (Å²) in [6.45, 7) is 0. The zero-order valence-corrected chi connectivity index (χ0v) is 11.9. The largest absolute Gasteiger partial charge is 0.391 e. The highest BCUT2D eigenvalue weighted by Crippen LogP contribution is 2.34. The summed E-state index contributed by atoms with van der Waals surface area (Å²) < 4.78 is 2.26. The zero-order chi connectivity index (χ0) is 12.5. The molecule has 3 N–H and O–H groups in total. The van der Waals surface area contributed by atoms with Gasteiger partial charge in [0, 0.05) is 25.9 Å². The van der Waals surface area contributed by atoms with Crippen LogP contribution in [-0.4, -0.2) is 0 Å². The van der Waals surface area contributed by atoms with E-state index >= 15 is 0 Å². The molecule has 0 bridgehead atoms. The smallest absolute Gasteiger partial charge is 0.0869 e. The minimum Gasteiger partial charge on any atom is -0.391 e. The summed E-state index contributed by atoms with van der Waals surface area (Å²) in [6.07, 6.45) is 0. The SMILES string of the molecule is Nc1cc2c(Nc3cccc(Br)c3)cccc2s1. The number of nitrogens with two attached hydrogens (primary N) is 1. The molecule has 2 aromatic carbocycles. The molecule has 0 saturated carbocycles. The van der Waals surface area contributed by atoms with Gasteiger partial charge in [0.15, 0.2) is 0 Å². The molecule has 0 aliphatic carbocycles. The van der Waals surface area contributed by atoms with Crippen molar-refractivity contribution in [3.63, 3.8) is 0 Å². The number of hydrogen-bond donors (Lipinski definition) is 2. The minimum atomic E-state index is 0.841. The lowest BCUT2D eigenvalue weighted by molar-refractivity contribution is 1.56. The fraction of sp³-hybridized carbons (Fsp3) is 0. The maximum atomic E-state index is 5.86. The number of nitrogens with one attached hydrogen (secondary N) is 1. The first-order valence-corrected chi connectivity index (χ1v) is 7.14. The molecule has 18 heavy (non-hydrogen) atoms. The first kappa shape index (κ1) is 11.6. The van der Waals surface area contributed by atoms with Gasteiger partial charge in [-0.05, 0) is 36.4 Å². The molecule has 1 aromatic heterocycles. The lowest BCUT2D eigenvalue weighted by Gasteiger charge is -2.08. The van der Waals surface area contributed by atoms with Crippen LogP contribution in [0.4, 0.5) is 16.4 Å². The Balaban J connectivity index is 2.04. The van der Waals surface area contributed by atoms with E-state index in [-0.39, 0.29) is 0 Å². The Morgan fingerprint density at radius 1 is 1.06 bits per heavy atom. The van der Waals surface area contributed by atoms with Crippen LogP contribution in [0.15, 0.2) is 53.0 Å². The summed E-state index contributed by atoms with van der Waals surface area (Å²) in [4.78, 5) is 0. The van der Waals surface area contributed by atoms with Crippen molar-refractivity contribution in [1.29, 1.82) is 0 Å². The van der Waals surface area contributed by atoms with Crippen molar-refractivity contribution in [3.8, 4) is 0 Å². The van der Waals surface area contributed by atoms with Crippen LogP contribution >= 0.6 is 27.3 Å². The van der Waals surface area contributed by atoms with Gasteiger partial charge in [-0.15, -0.1) is 11.3 Å². The van der Waals surface area contributed by atoms with Gasteiger partial charge < -0.3 is 11.1 Å². The van der Waals surface area contributed by atoms with Gasteiger partial charge in [0.05, 0.1) is 5.00 Å². The average Bonchev–Trinajstić information content (AvgIpc) is 2.71. The van der Waals surface area contributed by atoms with Gasteiger partial charge in [-0.1, -0.05) is 28.1 Å². The van der Waals surface area contributed by atoms with Crippen molar-refractivity contribution in [1.82, 2.24) is 0 Å². The third-order valence-corrected chi connectivity index (χ3v) is 4.11. The van der Waals surface area contributed by atoms with E-state index in [9.17, 15) is 0 Å². The molecule has 0 radical (unpaired) electrons. The highest BCUT2D eigenvalue weighted by molar-refractivity contribution is 9.10. The van der Waals surface area contributed by atoms with Crippen molar-refractivity contribution in [2.24, 2.45) is 0 Å². The molecule has 0 fully saturated rings. The third kappa shape index (κ3) is 2.21. The first-order chi connectivity index (χ1) is 8.72. The van der Waals surface area contributed by atoms with Crippen LogP contribution in [0.3, 0.4) is 0 Å². The molecule has 3 rings (SSSR count). The molecular formula is C14H11BrN2S. The Morgan fingerprint density at radius 2 is 1.89 bits per heavy atom. The standard InChI is InChI=1S/C14H11BrN2S/c15-9-3-1-4-10(7-9)17-12-5-2-6-13-11(12)8-14(16)18-13/h1-8,17H,16H2. The Labute approximate surface area is 118 Å². The normalized spacial score (nSPS) is 10.7. The van der Waals surface area contributed by atoms with Crippen molar-refractivity contribution >= 4 is 53.7 Å². The Hall–Kier alpha value is -1.52. The quantitative estimate of drug-likeness (QED) is 0.698. The Bertz CT molecular complexity index is 706. The molecular weight excluding hydrogens is 308 g/mol. The monoisotopic (exact) mass is 318 g/mol. The number of rotatable bonds is 2. The van der Waals surface area contributed by atoms with Gasteiger partial charge in [-0.25, -0.2) is 0 Å². The lowest BCUT2D eigenvalue weighted by Crippen LogP contribution is -1.90. The van der Waals surface area contributed by atoms with Crippen molar-refractivity contribution in [2.45, 2.75) is 0 Å². The maximum Gasteiger partial charge on any atom is 0.0869 e. The summed E-state index contributed by atoms with van der Waals surface area (Å²) in [7, 11) is 0. The highest BCUT2D eigenvalue weighted by atomic mass is 79.9. The Morgan fingerprint density at radius 3 is 2.72 bits per heavy atom. The fourth-order valence-electron chi connectivity index (χ4n) is 1.91. The zero-order valence-electron chi connectivity index (χ0n) is 9.48. The van der Waals surface area contributed by atoms with Crippen LogP contribution in [0, 0.1) is 0 Å². The second kappa shape index (κ2) is 4.63. The second-order valence-corrected chi connectivity index (χ2v) is 6.03. The molecule has 0 spiro atoms. The minimum absolute atomic E-state index is 0.841. The fourth-order valence-corrected chi connectivity index (χ4v) is 3.17. The second-order valence-electron chi connectivity index (χ2n) is 4.00. The van der Waals surface area contributed by atoms with E-state index in [1.54, 1.807) is 11.3 Å². The van der Waals surface area contributed by atoms with E-state index in [4.69, 9.17) is 5.73 Å². The predicted octanol–water partition coefficient (Wildman–Crippen LogP) is 4.99. The van der Waals surface area contributed by atoms with Gasteiger partial charge in [-0.3, -0.25) is 0 Å². The van der Waals surface area contributed by atoms with Gasteiger partial charge in [0.2, 0.25) is 0 Å². The maximum absolute atomic E-state index is 5.86. The molecule has 0 unspecified atom stereocenters. The molecule has 0 atom stereocenters. The molecule has 1 heterocycles. The topological polar surface area (TPSA) is 38.0 Å². The van der Waals surface area contributed by atoms with Crippen LogP contribution in [0.2, 0.25) is 0 Å². The van der Waals surface area contributed by atoms with E-state index < -0.39 is 0 Å². The van der Waals surface area contributed by atoms with Crippen molar-refractivity contribution in [2.75, 3.05) is 11.1 Å². The van der Waals surface area contributed by atoms with Crippen LogP contribution < -0.4 is 11.1 Å². The number of fused-ring (bicyclic) bond motifs is 1. The number of anilines is 3. The number of benzene rings is 2. The van der Waals surface area contributed by atoms with Gasteiger partial charge in [0.25, 0.3) is 0 Å². The summed E-state index contributed by atoms with van der Waals surface area (Å²) in [5.41, 5.74) is 8.00. The van der Waals surface area contributed by atoms with E-state index in [0.717, 1.165) is 20.8 Å². The average molecular weight is 319 g/mol. The van der Waals surface area contributed by atoms with Gasteiger partial charge >= 0.3 is 0 Å². The molecule has 2 nitrogen and oxygen atoms in total. The lowest BCUT2D eigenvalue weighted by atomic mass is 10.2. The highest BCUT2D eigenvalue weighted by Gasteiger charge is 2.04. The summed E-state index contributed by atoms with van der Waals surface area (Å²) in [5.74, 6) is 0. The molecule has 90 valence electrons. The molecule has 4 heteroatoms. The van der Waals surface area contributed by atoms with Gasteiger partial charge in [0.1, 0.15) is 0 Å². The van der Waals surface area contributed by atoms with Crippen molar-refractivity contribution in [3.05, 3.63) is 53.0 Å². The number of hydrogen-bond acceptors (Lipinski definition) is 3. The van der Waals surface area contributed by atoms with Crippen LogP contribution in [0.1, 0.15) is 0 Å². The summed E-state index contributed by atoms with van der Waals surface area (Å²) >= 11 is 5.08. The third-order valence-electron chi connectivity index (χ3n) is 2.68. The van der Waals surface area contributed by atoms with E-state index in [0.29, 0.717) is 0 Å². The van der Waals surface area contributed by atoms with Crippen LogP contribution in [0.5, 0.6) is 0 Å². The molecule has 3 aromatic rings. The summed E-state index contributed by atoms with van der Waals surface area (Å²) in [6, 6.07) is 16.3. The Kier molecular flexibility index (Phi) is 2.97. The molecule has 0 aliphatic heterocycles. The van der Waals surface area contributed by atoms with E-state index in [1.165, 1.54) is 10.1 Å². The molecule has 0 saturated heterocycles. The number of nitrogen functional groups attached to an aromatic ring is 1. The van der Waals surface area contributed by atoms with E-state index in [2.05, 4.69) is 39.4 Å². The van der Waals surface area contributed by atoms with Crippen LogP contribution in [0.25, 0.3) is 10.1 Å². The van der Waals surface area contributed by atoms with Crippen LogP contribution in [-0.2, 0) is 0 Å². The van der Waals surface area contributed by atoms with Crippen molar-refractivity contribution < 1.29 is 0 Å². The van der Waals surface area contributed by atoms with E-state index in [1.807, 2.05) is 30.3 Å². The number of halogens is 1.